The van der Waals surface area contributed by atoms with Crippen molar-refractivity contribution in [3.8, 4) is 17.0 Å². The van der Waals surface area contributed by atoms with E-state index in [1.807, 2.05) is 33.8 Å². The zero-order chi connectivity index (χ0) is 21.1. The van der Waals surface area contributed by atoms with Crippen LogP contribution in [-0.4, -0.2) is 65.3 Å². The smallest absolute Gasteiger partial charge is 0.244 e. The lowest BCUT2D eigenvalue weighted by molar-refractivity contribution is -0.133. The SMILES string of the molecule is COc1ccc(-c2cc(C(C)C)n(CC(=O)N3CCN(C4=CCCN4)CC3)n2)cc1. The zero-order valence-electron chi connectivity index (χ0n) is 18.1. The first-order chi connectivity index (χ1) is 14.5. The fourth-order valence-electron chi connectivity index (χ4n) is 4.07. The number of nitrogens with one attached hydrogen (secondary N) is 1. The van der Waals surface area contributed by atoms with Crippen molar-refractivity contribution in [2.45, 2.75) is 32.7 Å². The van der Waals surface area contributed by atoms with Crippen molar-refractivity contribution in [1.29, 1.82) is 0 Å². The number of ether oxygens (including phenoxy) is 1. The minimum atomic E-state index is 0.134. The first kappa shape index (κ1) is 20.3. The molecule has 7 nitrogen and oxygen atoms in total. The lowest BCUT2D eigenvalue weighted by Crippen LogP contribution is -2.50. The van der Waals surface area contributed by atoms with E-state index in [0.29, 0.717) is 0 Å². The van der Waals surface area contributed by atoms with Gasteiger partial charge in [-0.2, -0.15) is 5.10 Å². The number of piperazine rings is 1. The third-order valence-electron chi connectivity index (χ3n) is 5.83. The minimum Gasteiger partial charge on any atom is -0.497 e. The Bertz CT molecular complexity index is 908. The van der Waals surface area contributed by atoms with Crippen LogP contribution in [0, 0.1) is 0 Å². The number of carbonyl (C=O) groups is 1. The van der Waals surface area contributed by atoms with Gasteiger partial charge in [-0.15, -0.1) is 0 Å². The molecule has 0 aliphatic carbocycles. The van der Waals surface area contributed by atoms with Crippen LogP contribution >= 0.6 is 0 Å². The highest BCUT2D eigenvalue weighted by molar-refractivity contribution is 5.76. The van der Waals surface area contributed by atoms with Crippen molar-refractivity contribution < 1.29 is 9.53 Å². The van der Waals surface area contributed by atoms with Gasteiger partial charge in [0.1, 0.15) is 12.3 Å². The summed E-state index contributed by atoms with van der Waals surface area (Å²) in [5.41, 5.74) is 2.99. The molecule has 2 aromatic rings. The van der Waals surface area contributed by atoms with E-state index in [1.54, 1.807) is 7.11 Å². The summed E-state index contributed by atoms with van der Waals surface area (Å²) in [5.74, 6) is 2.46. The van der Waals surface area contributed by atoms with Gasteiger partial charge in [0.25, 0.3) is 0 Å². The van der Waals surface area contributed by atoms with Gasteiger partial charge in [0, 0.05) is 44.0 Å². The topological polar surface area (TPSA) is 62.6 Å². The molecule has 30 heavy (non-hydrogen) atoms. The van der Waals surface area contributed by atoms with Crippen LogP contribution in [0.2, 0.25) is 0 Å². The third kappa shape index (κ3) is 4.30. The summed E-state index contributed by atoms with van der Waals surface area (Å²) in [6, 6.07) is 9.96. The number of hydrogen-bond donors (Lipinski definition) is 1. The highest BCUT2D eigenvalue weighted by Gasteiger charge is 2.24. The van der Waals surface area contributed by atoms with E-state index in [0.717, 1.165) is 61.8 Å². The van der Waals surface area contributed by atoms with Crippen LogP contribution in [0.1, 0.15) is 31.9 Å². The maximum absolute atomic E-state index is 13.0. The molecule has 0 unspecified atom stereocenters. The second-order valence-corrected chi connectivity index (χ2v) is 8.17. The summed E-state index contributed by atoms with van der Waals surface area (Å²) < 4.78 is 7.12. The predicted octanol–water partition coefficient (Wildman–Crippen LogP) is 2.66. The molecular formula is C23H31N5O2. The molecule has 4 rings (SSSR count). The van der Waals surface area contributed by atoms with E-state index in [9.17, 15) is 4.79 Å². The second kappa shape index (κ2) is 8.81. The Hall–Kier alpha value is -2.96. The monoisotopic (exact) mass is 409 g/mol. The first-order valence-corrected chi connectivity index (χ1v) is 10.7. The quantitative estimate of drug-likeness (QED) is 0.795. The number of methoxy groups -OCH3 is 1. The molecule has 0 atom stereocenters. The minimum absolute atomic E-state index is 0.134. The predicted molar refractivity (Wildman–Crippen MR) is 117 cm³/mol. The van der Waals surface area contributed by atoms with Crippen molar-refractivity contribution >= 4 is 5.91 Å². The fraction of sp³-hybridized carbons (Fsp3) is 0.478. The van der Waals surface area contributed by atoms with Crippen LogP contribution in [0.4, 0.5) is 0 Å². The largest absolute Gasteiger partial charge is 0.497 e. The number of carbonyl (C=O) groups excluding carboxylic acids is 1. The summed E-state index contributed by atoms with van der Waals surface area (Å²) in [4.78, 5) is 17.3. The highest BCUT2D eigenvalue weighted by Crippen LogP contribution is 2.25. The van der Waals surface area contributed by atoms with Gasteiger partial charge in [-0.05, 0) is 48.7 Å². The van der Waals surface area contributed by atoms with E-state index in [1.165, 1.54) is 5.82 Å². The maximum Gasteiger partial charge on any atom is 0.244 e. The highest BCUT2D eigenvalue weighted by atomic mass is 16.5. The van der Waals surface area contributed by atoms with Crippen LogP contribution in [-0.2, 0) is 11.3 Å². The van der Waals surface area contributed by atoms with Gasteiger partial charge in [0.2, 0.25) is 5.91 Å². The molecule has 1 amide bonds. The van der Waals surface area contributed by atoms with Gasteiger partial charge >= 0.3 is 0 Å². The Morgan fingerprint density at radius 2 is 1.90 bits per heavy atom. The Balaban J connectivity index is 1.44. The Morgan fingerprint density at radius 1 is 1.17 bits per heavy atom. The maximum atomic E-state index is 13.0. The molecule has 1 N–H and O–H groups in total. The van der Waals surface area contributed by atoms with Gasteiger partial charge in [-0.25, -0.2) is 0 Å². The standard InChI is InChI=1S/C23H31N5O2/c1-17(2)21-15-20(18-6-8-19(30-3)9-7-18)25-28(21)16-23(29)27-13-11-26(12-14-27)22-5-4-10-24-22/h5-9,15,17,24H,4,10-14,16H2,1-3H3. The Labute approximate surface area is 178 Å². The number of nitrogens with zero attached hydrogens (tertiary/aromatic N) is 4. The zero-order valence-corrected chi connectivity index (χ0v) is 18.1. The molecule has 1 saturated heterocycles. The van der Waals surface area contributed by atoms with Crippen molar-refractivity contribution in [2.24, 2.45) is 0 Å². The summed E-state index contributed by atoms with van der Waals surface area (Å²) in [7, 11) is 1.66. The van der Waals surface area contributed by atoms with E-state index < -0.39 is 0 Å². The molecule has 1 fully saturated rings. The molecular weight excluding hydrogens is 378 g/mol. The molecule has 0 bridgehead atoms. The molecule has 2 aliphatic rings. The van der Waals surface area contributed by atoms with E-state index in [-0.39, 0.29) is 18.4 Å². The van der Waals surface area contributed by atoms with Crippen LogP contribution in [0.3, 0.4) is 0 Å². The van der Waals surface area contributed by atoms with E-state index >= 15 is 0 Å². The Morgan fingerprint density at radius 3 is 2.50 bits per heavy atom. The van der Waals surface area contributed by atoms with Gasteiger partial charge in [0.05, 0.1) is 18.6 Å². The van der Waals surface area contributed by atoms with Gasteiger partial charge in [0.15, 0.2) is 0 Å². The third-order valence-corrected chi connectivity index (χ3v) is 5.83. The van der Waals surface area contributed by atoms with E-state index in [2.05, 4.69) is 36.2 Å². The van der Waals surface area contributed by atoms with Crippen molar-refractivity contribution in [2.75, 3.05) is 39.8 Å². The fourth-order valence-corrected chi connectivity index (χ4v) is 4.07. The normalized spacial score (nSPS) is 16.6. The van der Waals surface area contributed by atoms with Crippen LogP contribution < -0.4 is 10.1 Å². The molecule has 3 heterocycles. The van der Waals surface area contributed by atoms with Crippen LogP contribution in [0.25, 0.3) is 11.3 Å². The first-order valence-electron chi connectivity index (χ1n) is 10.7. The van der Waals surface area contributed by atoms with Crippen molar-refractivity contribution in [3.63, 3.8) is 0 Å². The molecule has 1 aromatic carbocycles. The van der Waals surface area contributed by atoms with Crippen molar-refractivity contribution in [1.82, 2.24) is 24.9 Å². The van der Waals surface area contributed by atoms with Gasteiger partial charge < -0.3 is 19.9 Å². The average Bonchev–Trinajstić information content (AvgIpc) is 3.44. The molecule has 0 radical (unpaired) electrons. The lowest BCUT2D eigenvalue weighted by Gasteiger charge is -2.36. The van der Waals surface area contributed by atoms with Gasteiger partial charge in [-0.1, -0.05) is 13.8 Å². The molecule has 0 saturated carbocycles. The Kier molecular flexibility index (Phi) is 5.97. The number of hydrogen-bond acceptors (Lipinski definition) is 5. The second-order valence-electron chi connectivity index (χ2n) is 8.17. The summed E-state index contributed by atoms with van der Waals surface area (Å²) in [6.07, 6.45) is 3.33. The van der Waals surface area contributed by atoms with Gasteiger partial charge in [-0.3, -0.25) is 9.48 Å². The lowest BCUT2D eigenvalue weighted by atomic mass is 10.1. The number of benzene rings is 1. The van der Waals surface area contributed by atoms with E-state index in [4.69, 9.17) is 9.84 Å². The van der Waals surface area contributed by atoms with Crippen LogP contribution in [0.5, 0.6) is 5.75 Å². The molecule has 0 spiro atoms. The molecule has 160 valence electrons. The summed E-state index contributed by atoms with van der Waals surface area (Å²) in [5, 5.41) is 8.19. The van der Waals surface area contributed by atoms with Crippen LogP contribution in [0.15, 0.2) is 42.2 Å². The van der Waals surface area contributed by atoms with Crippen molar-refractivity contribution in [3.05, 3.63) is 47.9 Å². The summed E-state index contributed by atoms with van der Waals surface area (Å²) in [6.45, 7) is 8.82. The number of amides is 1. The molecule has 2 aliphatic heterocycles. The molecule has 7 heteroatoms. The molecule has 1 aromatic heterocycles. The number of rotatable bonds is 6. The number of aromatic nitrogens is 2. The summed E-state index contributed by atoms with van der Waals surface area (Å²) >= 11 is 0. The average molecular weight is 410 g/mol.